The molecule has 0 radical (unpaired) electrons. The Hall–Kier alpha value is -2.09. The lowest BCUT2D eigenvalue weighted by atomic mass is 10.1. The first kappa shape index (κ1) is 19.2. The minimum atomic E-state index is -4.36. The normalized spacial score (nSPS) is 11.4. The maximum atomic E-state index is 12.6. The Labute approximate surface area is 148 Å². The summed E-state index contributed by atoms with van der Waals surface area (Å²) >= 11 is 1.50. The van der Waals surface area contributed by atoms with Crippen LogP contribution < -0.4 is 5.32 Å². The summed E-state index contributed by atoms with van der Waals surface area (Å²) in [4.78, 5) is 21.5. The number of ketones is 1. The number of carbonyl (C=O) groups is 1. The van der Waals surface area contributed by atoms with Crippen LogP contribution in [0.15, 0.2) is 35.5 Å². The van der Waals surface area contributed by atoms with E-state index in [-0.39, 0.29) is 18.0 Å². The molecule has 1 N–H and O–H groups in total. The standard InChI is InChI=1S/C17H18F3N3OS/c1-3-25-14-5-4-6-21-15(14)13(24)8-12-7-11(2)9-22-16(12)23-10-17(18,19)20/h4-7,9H,3,8,10H2,1-2H3,(H,22,23). The van der Waals surface area contributed by atoms with Crippen LogP contribution in [0, 0.1) is 6.92 Å². The number of carbonyl (C=O) groups excluding carboxylic acids is 1. The zero-order valence-electron chi connectivity index (χ0n) is 13.9. The fourth-order valence-corrected chi connectivity index (χ4v) is 3.03. The van der Waals surface area contributed by atoms with Gasteiger partial charge >= 0.3 is 6.18 Å². The first-order valence-corrected chi connectivity index (χ1v) is 8.66. The molecule has 2 heterocycles. The lowest BCUT2D eigenvalue weighted by molar-refractivity contribution is -0.115. The number of anilines is 1. The molecule has 4 nitrogen and oxygen atoms in total. The summed E-state index contributed by atoms with van der Waals surface area (Å²) in [5.74, 6) is 0.604. The van der Waals surface area contributed by atoms with Gasteiger partial charge < -0.3 is 5.32 Å². The molecule has 0 aliphatic heterocycles. The Balaban J connectivity index is 2.24. The summed E-state index contributed by atoms with van der Waals surface area (Å²) in [6.07, 6.45) is -1.43. The van der Waals surface area contributed by atoms with E-state index in [2.05, 4.69) is 15.3 Å². The fourth-order valence-electron chi connectivity index (χ4n) is 2.24. The van der Waals surface area contributed by atoms with E-state index in [9.17, 15) is 18.0 Å². The van der Waals surface area contributed by atoms with E-state index in [1.54, 1.807) is 19.1 Å². The lowest BCUT2D eigenvalue weighted by Gasteiger charge is -2.13. The van der Waals surface area contributed by atoms with E-state index < -0.39 is 12.7 Å². The van der Waals surface area contributed by atoms with Gasteiger partial charge in [0.05, 0.1) is 0 Å². The maximum Gasteiger partial charge on any atom is 0.405 e. The number of hydrogen-bond donors (Lipinski definition) is 1. The third kappa shape index (κ3) is 5.74. The van der Waals surface area contributed by atoms with Crippen molar-refractivity contribution >= 4 is 23.4 Å². The second-order valence-corrected chi connectivity index (χ2v) is 6.68. The molecule has 8 heteroatoms. The molecule has 2 rings (SSSR count). The zero-order valence-corrected chi connectivity index (χ0v) is 14.7. The maximum absolute atomic E-state index is 12.6. The molecule has 0 amide bonds. The van der Waals surface area contributed by atoms with Gasteiger partial charge in [-0.15, -0.1) is 11.8 Å². The number of Topliss-reactive ketones (excluding diaryl/α,β-unsaturated/α-hetero) is 1. The number of thioether (sulfide) groups is 1. The average Bonchev–Trinajstić information content (AvgIpc) is 2.54. The van der Waals surface area contributed by atoms with Gasteiger partial charge in [0.25, 0.3) is 0 Å². The Kier molecular flexibility index (Phi) is 6.41. The molecular weight excluding hydrogens is 351 g/mol. The first-order chi connectivity index (χ1) is 11.8. The second-order valence-electron chi connectivity index (χ2n) is 5.37. The van der Waals surface area contributed by atoms with Crippen LogP contribution in [-0.4, -0.2) is 34.2 Å². The van der Waals surface area contributed by atoms with Crippen LogP contribution in [0.3, 0.4) is 0 Å². The molecule has 0 saturated carbocycles. The molecule has 2 aromatic rings. The van der Waals surface area contributed by atoms with E-state index in [4.69, 9.17) is 0 Å². The van der Waals surface area contributed by atoms with E-state index in [0.29, 0.717) is 11.3 Å². The Bertz CT molecular complexity index is 750. The predicted octanol–water partition coefficient (Wildman–Crippen LogP) is 4.30. The number of nitrogens with zero attached hydrogens (tertiary/aromatic N) is 2. The third-order valence-electron chi connectivity index (χ3n) is 3.25. The van der Waals surface area contributed by atoms with Gasteiger partial charge in [-0.05, 0) is 30.4 Å². The summed E-state index contributed by atoms with van der Waals surface area (Å²) in [6, 6.07) is 5.23. The van der Waals surface area contributed by atoms with Crippen molar-refractivity contribution in [2.45, 2.75) is 31.3 Å². The Morgan fingerprint density at radius 1 is 1.32 bits per heavy atom. The van der Waals surface area contributed by atoms with Crippen LogP contribution in [0.4, 0.5) is 19.0 Å². The van der Waals surface area contributed by atoms with Gasteiger partial charge in [-0.2, -0.15) is 13.2 Å². The monoisotopic (exact) mass is 369 g/mol. The SMILES string of the molecule is CCSc1cccnc1C(=O)Cc1cc(C)cnc1NCC(F)(F)F. The highest BCUT2D eigenvalue weighted by atomic mass is 32.2. The van der Waals surface area contributed by atoms with Gasteiger partial charge in [-0.1, -0.05) is 13.0 Å². The van der Waals surface area contributed by atoms with E-state index in [0.717, 1.165) is 16.2 Å². The molecule has 0 saturated heterocycles. The number of halogens is 3. The van der Waals surface area contributed by atoms with Crippen molar-refractivity contribution in [2.24, 2.45) is 0 Å². The molecular formula is C17H18F3N3OS. The number of alkyl halides is 3. The number of aryl methyl sites for hydroxylation is 1. The average molecular weight is 369 g/mol. The minimum Gasteiger partial charge on any atom is -0.361 e. The summed E-state index contributed by atoms with van der Waals surface area (Å²) in [7, 11) is 0. The van der Waals surface area contributed by atoms with Crippen molar-refractivity contribution in [3.05, 3.63) is 47.4 Å². The molecule has 0 unspecified atom stereocenters. The van der Waals surface area contributed by atoms with Crippen molar-refractivity contribution in [3.8, 4) is 0 Å². The number of nitrogens with one attached hydrogen (secondary N) is 1. The van der Waals surface area contributed by atoms with Crippen molar-refractivity contribution in [1.82, 2.24) is 9.97 Å². The number of aromatic nitrogens is 2. The van der Waals surface area contributed by atoms with Crippen molar-refractivity contribution < 1.29 is 18.0 Å². The molecule has 0 aliphatic carbocycles. The molecule has 25 heavy (non-hydrogen) atoms. The van der Waals surface area contributed by atoms with Gasteiger partial charge in [0.1, 0.15) is 18.1 Å². The summed E-state index contributed by atoms with van der Waals surface area (Å²) in [5.41, 5.74) is 1.52. The number of hydrogen-bond acceptors (Lipinski definition) is 5. The molecule has 0 aliphatic rings. The Morgan fingerprint density at radius 3 is 2.76 bits per heavy atom. The largest absolute Gasteiger partial charge is 0.405 e. The molecule has 0 aromatic carbocycles. The summed E-state index contributed by atoms with van der Waals surface area (Å²) in [5, 5.41) is 2.26. The third-order valence-corrected chi connectivity index (χ3v) is 4.17. The summed E-state index contributed by atoms with van der Waals surface area (Å²) in [6.45, 7) is 2.54. The van der Waals surface area contributed by atoms with Gasteiger partial charge in [0.2, 0.25) is 0 Å². The van der Waals surface area contributed by atoms with Gasteiger partial charge in [-0.25, -0.2) is 4.98 Å². The highest BCUT2D eigenvalue weighted by Gasteiger charge is 2.27. The van der Waals surface area contributed by atoms with Crippen LogP contribution in [0.5, 0.6) is 0 Å². The van der Waals surface area contributed by atoms with Crippen LogP contribution in [0.2, 0.25) is 0 Å². The summed E-state index contributed by atoms with van der Waals surface area (Å²) < 4.78 is 37.3. The van der Waals surface area contributed by atoms with Gasteiger partial charge in [0, 0.05) is 29.3 Å². The minimum absolute atomic E-state index is 0.0663. The number of pyridine rings is 2. The van der Waals surface area contributed by atoms with Gasteiger partial charge in [-0.3, -0.25) is 9.78 Å². The van der Waals surface area contributed by atoms with Crippen molar-refractivity contribution in [2.75, 3.05) is 17.6 Å². The zero-order chi connectivity index (χ0) is 18.4. The van der Waals surface area contributed by atoms with E-state index in [1.807, 2.05) is 13.0 Å². The van der Waals surface area contributed by atoms with Crippen molar-refractivity contribution in [3.63, 3.8) is 0 Å². The molecule has 0 fully saturated rings. The smallest absolute Gasteiger partial charge is 0.361 e. The van der Waals surface area contributed by atoms with Crippen LogP contribution in [0.25, 0.3) is 0 Å². The lowest BCUT2D eigenvalue weighted by Crippen LogP contribution is -2.23. The van der Waals surface area contributed by atoms with Crippen LogP contribution in [-0.2, 0) is 6.42 Å². The topological polar surface area (TPSA) is 54.9 Å². The Morgan fingerprint density at radius 2 is 2.08 bits per heavy atom. The highest BCUT2D eigenvalue weighted by molar-refractivity contribution is 7.99. The van der Waals surface area contributed by atoms with E-state index in [1.165, 1.54) is 24.2 Å². The predicted molar refractivity (Wildman–Crippen MR) is 92.2 cm³/mol. The highest BCUT2D eigenvalue weighted by Crippen LogP contribution is 2.24. The molecule has 134 valence electrons. The molecule has 0 atom stereocenters. The second kappa shape index (κ2) is 8.33. The molecule has 0 spiro atoms. The molecule has 2 aromatic heterocycles. The van der Waals surface area contributed by atoms with Crippen LogP contribution >= 0.6 is 11.8 Å². The van der Waals surface area contributed by atoms with Crippen LogP contribution in [0.1, 0.15) is 28.5 Å². The quantitative estimate of drug-likeness (QED) is 0.583. The molecule has 0 bridgehead atoms. The first-order valence-electron chi connectivity index (χ1n) is 7.67. The van der Waals surface area contributed by atoms with Crippen molar-refractivity contribution in [1.29, 1.82) is 0 Å². The van der Waals surface area contributed by atoms with Gasteiger partial charge in [0.15, 0.2) is 5.78 Å². The fraction of sp³-hybridized carbons (Fsp3) is 0.353. The van der Waals surface area contributed by atoms with E-state index >= 15 is 0 Å². The number of rotatable bonds is 7.